The molecule has 20 heavy (non-hydrogen) atoms. The van der Waals surface area contributed by atoms with Crippen LogP contribution in [0.2, 0.25) is 0 Å². The second-order valence-electron chi connectivity index (χ2n) is 4.45. The first-order valence-electron chi connectivity index (χ1n) is 6.60. The highest BCUT2D eigenvalue weighted by Crippen LogP contribution is 2.13. The predicted octanol–water partition coefficient (Wildman–Crippen LogP) is 4.29. The Morgan fingerprint density at radius 1 is 1.10 bits per heavy atom. The van der Waals surface area contributed by atoms with Gasteiger partial charge in [-0.15, -0.1) is 0 Å². The van der Waals surface area contributed by atoms with Crippen LogP contribution >= 0.6 is 0 Å². The van der Waals surface area contributed by atoms with Crippen LogP contribution in [0.25, 0.3) is 0 Å². The van der Waals surface area contributed by atoms with Crippen LogP contribution in [0.1, 0.15) is 29.3 Å². The van der Waals surface area contributed by atoms with Crippen LogP contribution in [0.15, 0.2) is 59.6 Å². The van der Waals surface area contributed by atoms with E-state index in [1.807, 2.05) is 56.3 Å². The van der Waals surface area contributed by atoms with Gasteiger partial charge in [-0.05, 0) is 31.2 Å². The lowest BCUT2D eigenvalue weighted by molar-refractivity contribution is 0.0712. The average molecular weight is 267 g/mol. The van der Waals surface area contributed by atoms with Gasteiger partial charge >= 0.3 is 5.97 Å². The molecule has 0 spiro atoms. The lowest BCUT2D eigenvalue weighted by Crippen LogP contribution is -2.11. The molecule has 0 saturated heterocycles. The summed E-state index contributed by atoms with van der Waals surface area (Å²) in [6, 6.07) is 16.8. The Morgan fingerprint density at radius 3 is 2.50 bits per heavy atom. The Hall–Kier alpha value is -2.42. The molecule has 0 saturated carbocycles. The minimum atomic E-state index is -0.370. The van der Waals surface area contributed by atoms with E-state index in [0.29, 0.717) is 17.9 Å². The third-order valence-corrected chi connectivity index (χ3v) is 2.78. The van der Waals surface area contributed by atoms with Crippen molar-refractivity contribution >= 4 is 17.6 Å². The second kappa shape index (κ2) is 6.66. The first-order chi connectivity index (χ1) is 9.69. The molecular formula is C17H17NO2. The topological polar surface area (TPSA) is 38.7 Å². The summed E-state index contributed by atoms with van der Waals surface area (Å²) >= 11 is 0. The van der Waals surface area contributed by atoms with Crippen molar-refractivity contribution in [1.82, 2.24) is 0 Å². The minimum Gasteiger partial charge on any atom is -0.408 e. The van der Waals surface area contributed by atoms with Crippen LogP contribution in [0.5, 0.6) is 0 Å². The van der Waals surface area contributed by atoms with Gasteiger partial charge in [0.25, 0.3) is 0 Å². The lowest BCUT2D eigenvalue weighted by atomic mass is 10.1. The Morgan fingerprint density at radius 2 is 1.85 bits per heavy atom. The number of para-hydroxylation sites is 1. The van der Waals surface area contributed by atoms with Gasteiger partial charge in [-0.1, -0.05) is 42.8 Å². The number of hydrogen-bond acceptors (Lipinski definition) is 3. The fourth-order valence-electron chi connectivity index (χ4n) is 1.76. The van der Waals surface area contributed by atoms with Crippen molar-refractivity contribution < 1.29 is 9.53 Å². The Bertz CT molecular complexity index is 618. The van der Waals surface area contributed by atoms with Crippen LogP contribution in [0.3, 0.4) is 0 Å². The molecule has 102 valence electrons. The van der Waals surface area contributed by atoms with Crippen LogP contribution in [0, 0.1) is 6.92 Å². The highest BCUT2D eigenvalue weighted by Gasteiger charge is 2.10. The van der Waals surface area contributed by atoms with Crippen LogP contribution < -0.4 is 0 Å². The molecule has 2 aromatic carbocycles. The molecule has 0 heterocycles. The summed E-state index contributed by atoms with van der Waals surface area (Å²) in [7, 11) is 0. The van der Waals surface area contributed by atoms with Gasteiger partial charge in [0, 0.05) is 6.42 Å². The number of esters is 1. The monoisotopic (exact) mass is 267 g/mol. The third kappa shape index (κ3) is 3.79. The molecule has 0 fully saturated rings. The summed E-state index contributed by atoms with van der Waals surface area (Å²) in [6.45, 7) is 3.85. The Kier molecular flexibility index (Phi) is 4.66. The van der Waals surface area contributed by atoms with Gasteiger partial charge in [0.1, 0.15) is 0 Å². The van der Waals surface area contributed by atoms with E-state index in [9.17, 15) is 4.79 Å². The van der Waals surface area contributed by atoms with Gasteiger partial charge in [0.05, 0.1) is 11.3 Å². The summed E-state index contributed by atoms with van der Waals surface area (Å²) in [5.74, 6) is 0.0490. The molecule has 0 radical (unpaired) electrons. The predicted molar refractivity (Wildman–Crippen MR) is 80.4 cm³/mol. The zero-order valence-corrected chi connectivity index (χ0v) is 11.7. The van der Waals surface area contributed by atoms with E-state index in [0.717, 1.165) is 11.3 Å². The normalized spacial score (nSPS) is 11.2. The number of aliphatic imine (C=N–C) groups is 1. The van der Waals surface area contributed by atoms with Crippen LogP contribution in [-0.2, 0) is 4.74 Å². The molecule has 0 bridgehead atoms. The molecule has 2 rings (SSSR count). The van der Waals surface area contributed by atoms with E-state index in [4.69, 9.17) is 4.74 Å². The molecule has 0 N–H and O–H groups in total. The maximum absolute atomic E-state index is 12.1. The summed E-state index contributed by atoms with van der Waals surface area (Å²) in [4.78, 5) is 16.4. The van der Waals surface area contributed by atoms with Crippen molar-refractivity contribution in [2.75, 3.05) is 0 Å². The number of carbonyl (C=O) groups is 1. The van der Waals surface area contributed by atoms with Gasteiger partial charge in [0.2, 0.25) is 0 Å². The van der Waals surface area contributed by atoms with Crippen molar-refractivity contribution in [2.45, 2.75) is 20.3 Å². The van der Waals surface area contributed by atoms with Gasteiger partial charge in [-0.3, -0.25) is 0 Å². The number of rotatable bonds is 3. The van der Waals surface area contributed by atoms with E-state index in [-0.39, 0.29) is 5.97 Å². The van der Waals surface area contributed by atoms with Crippen molar-refractivity contribution in [1.29, 1.82) is 0 Å². The molecule has 0 unspecified atom stereocenters. The maximum Gasteiger partial charge on any atom is 0.344 e. The maximum atomic E-state index is 12.1. The van der Waals surface area contributed by atoms with Gasteiger partial charge < -0.3 is 4.74 Å². The molecule has 2 aromatic rings. The fraction of sp³-hybridized carbons (Fsp3) is 0.176. The largest absolute Gasteiger partial charge is 0.408 e. The zero-order chi connectivity index (χ0) is 14.4. The smallest absolute Gasteiger partial charge is 0.344 e. The molecule has 3 heteroatoms. The first kappa shape index (κ1) is 14.0. The van der Waals surface area contributed by atoms with Crippen LogP contribution in [0.4, 0.5) is 5.69 Å². The highest BCUT2D eigenvalue weighted by atomic mass is 16.5. The Labute approximate surface area is 118 Å². The number of hydrogen-bond donors (Lipinski definition) is 0. The number of carbonyl (C=O) groups excluding carboxylic acids is 1. The van der Waals surface area contributed by atoms with Crippen LogP contribution in [-0.4, -0.2) is 11.9 Å². The van der Waals surface area contributed by atoms with Gasteiger partial charge in [-0.25, -0.2) is 9.79 Å². The average Bonchev–Trinajstić information content (AvgIpc) is 2.47. The van der Waals surface area contributed by atoms with Crippen molar-refractivity contribution in [3.8, 4) is 0 Å². The molecule has 0 aromatic heterocycles. The number of benzene rings is 2. The van der Waals surface area contributed by atoms with Crippen molar-refractivity contribution in [3.05, 3.63) is 65.7 Å². The summed E-state index contributed by atoms with van der Waals surface area (Å²) in [6.07, 6.45) is 0.562. The van der Waals surface area contributed by atoms with E-state index in [1.165, 1.54) is 0 Å². The highest BCUT2D eigenvalue weighted by molar-refractivity contribution is 5.98. The number of ether oxygens (including phenoxy) is 1. The summed E-state index contributed by atoms with van der Waals surface area (Å²) in [5, 5.41) is 0. The van der Waals surface area contributed by atoms with E-state index >= 15 is 0 Å². The minimum absolute atomic E-state index is 0.370. The van der Waals surface area contributed by atoms with E-state index in [2.05, 4.69) is 4.99 Å². The summed E-state index contributed by atoms with van der Waals surface area (Å²) in [5.41, 5.74) is 2.35. The third-order valence-electron chi connectivity index (χ3n) is 2.78. The first-order valence-corrected chi connectivity index (χ1v) is 6.60. The van der Waals surface area contributed by atoms with Gasteiger partial charge in [0.15, 0.2) is 5.90 Å². The second-order valence-corrected chi connectivity index (χ2v) is 4.45. The molecule has 0 aliphatic carbocycles. The lowest BCUT2D eigenvalue weighted by Gasteiger charge is -2.06. The molecule has 0 atom stereocenters. The number of nitrogens with zero attached hydrogens (tertiary/aromatic N) is 1. The van der Waals surface area contributed by atoms with Gasteiger partial charge in [-0.2, -0.15) is 0 Å². The molecule has 0 aliphatic heterocycles. The Balaban J connectivity index is 2.14. The van der Waals surface area contributed by atoms with E-state index < -0.39 is 0 Å². The number of aryl methyl sites for hydroxylation is 1. The molecule has 0 amide bonds. The van der Waals surface area contributed by atoms with Crippen molar-refractivity contribution in [2.24, 2.45) is 4.99 Å². The standard InChI is InChI=1S/C17H17NO2/c1-3-16(18-15-10-5-4-6-11-15)20-17(19)14-9-7-8-13(2)12-14/h4-12H,3H2,1-2H3. The SMILES string of the molecule is CCC(=Nc1ccccc1)OC(=O)c1cccc(C)c1. The van der Waals surface area contributed by atoms with E-state index in [1.54, 1.807) is 12.1 Å². The molecular weight excluding hydrogens is 250 g/mol. The van der Waals surface area contributed by atoms with Crippen molar-refractivity contribution in [3.63, 3.8) is 0 Å². The quantitative estimate of drug-likeness (QED) is 0.472. The molecule has 3 nitrogen and oxygen atoms in total. The fourth-order valence-corrected chi connectivity index (χ4v) is 1.76. The zero-order valence-electron chi connectivity index (χ0n) is 11.7. The summed E-state index contributed by atoms with van der Waals surface area (Å²) < 4.78 is 5.36. The molecule has 0 aliphatic rings.